The molecule has 0 amide bonds. The van der Waals surface area contributed by atoms with E-state index in [1.807, 2.05) is 29.6 Å². The highest BCUT2D eigenvalue weighted by Crippen LogP contribution is 2.24. The highest BCUT2D eigenvalue weighted by Gasteiger charge is 2.16. The van der Waals surface area contributed by atoms with E-state index in [9.17, 15) is 9.59 Å². The van der Waals surface area contributed by atoms with Crippen molar-refractivity contribution in [1.29, 1.82) is 0 Å². The smallest absolute Gasteiger partial charge is 0.339 e. The van der Waals surface area contributed by atoms with Crippen molar-refractivity contribution in [3.8, 4) is 0 Å². The maximum absolute atomic E-state index is 12.3. The Labute approximate surface area is 250 Å². The van der Waals surface area contributed by atoms with Crippen LogP contribution in [0.25, 0.3) is 0 Å². The molecule has 0 aliphatic rings. The summed E-state index contributed by atoms with van der Waals surface area (Å²) in [5.41, 5.74) is 1.19. The van der Waals surface area contributed by atoms with Crippen molar-refractivity contribution in [2.24, 2.45) is 0 Å². The molecule has 29 heavy (non-hydrogen) atoms. The lowest BCUT2D eigenvalue weighted by atomic mass is 10.2. The van der Waals surface area contributed by atoms with Gasteiger partial charge in [-0.1, -0.05) is 0 Å². The maximum atomic E-state index is 12.3. The van der Waals surface area contributed by atoms with Crippen LogP contribution in [0.15, 0.2) is 24.3 Å². The molecule has 0 spiro atoms. The second-order valence-electron chi connectivity index (χ2n) is 5.64. The second kappa shape index (κ2) is 13.4. The van der Waals surface area contributed by atoms with E-state index in [2.05, 4.69) is 136 Å². The lowest BCUT2D eigenvalue weighted by Crippen LogP contribution is -2.86. The number of quaternary nitrogens is 1. The zero-order valence-electron chi connectivity index (χ0n) is 14.6. The van der Waals surface area contributed by atoms with Gasteiger partial charge in [-0.2, -0.15) is 0 Å². The van der Waals surface area contributed by atoms with E-state index in [0.29, 0.717) is 37.4 Å². The first-order valence-electron chi connectivity index (χ1n) is 8.15. The quantitative estimate of drug-likeness (QED) is 0.177. The summed E-state index contributed by atoms with van der Waals surface area (Å²) in [6.07, 6.45) is 0. The van der Waals surface area contributed by atoms with Crippen molar-refractivity contribution in [3.63, 3.8) is 0 Å². The summed E-state index contributed by atoms with van der Waals surface area (Å²) in [6.45, 7) is 1.83. The summed E-state index contributed by atoms with van der Waals surface area (Å²) in [6, 6.07) is 7.71. The molecule has 0 heterocycles. The van der Waals surface area contributed by atoms with Gasteiger partial charge < -0.3 is 14.8 Å². The zero-order chi connectivity index (χ0) is 21.6. The Balaban J connectivity index is 1.70. The summed E-state index contributed by atoms with van der Waals surface area (Å²) in [5, 5.41) is 1.97. The molecule has 2 aromatic carbocycles. The number of halogens is 6. The van der Waals surface area contributed by atoms with Gasteiger partial charge in [0, 0.05) is 21.4 Å². The summed E-state index contributed by atoms with van der Waals surface area (Å²) in [5.74, 6) is -0.623. The molecule has 0 unspecified atom stereocenters. The molecule has 2 aromatic rings. The number of nitrogens with two attached hydrogens (primary N) is 1. The van der Waals surface area contributed by atoms with Crippen molar-refractivity contribution >= 4 is 147 Å². The molecule has 0 aromatic heterocycles. The Bertz CT molecular complexity index is 848. The third-order valence-electron chi connectivity index (χ3n) is 3.54. The molecule has 0 aliphatic heterocycles. The van der Waals surface area contributed by atoms with E-state index in [-0.39, 0.29) is 11.9 Å². The maximum Gasteiger partial charge on any atom is 0.339 e. The highest BCUT2D eigenvalue weighted by atomic mass is 127. The molecule has 0 bridgehead atoms. The lowest BCUT2D eigenvalue weighted by molar-refractivity contribution is -0.656. The van der Waals surface area contributed by atoms with Crippen LogP contribution in [-0.2, 0) is 9.47 Å². The van der Waals surface area contributed by atoms with Crippen LogP contribution in [-0.4, -0.2) is 38.2 Å². The number of hydrogen-bond acceptors (Lipinski definition) is 4. The molecule has 0 atom stereocenters. The topological polar surface area (TPSA) is 69.2 Å². The number of benzene rings is 2. The van der Waals surface area contributed by atoms with Crippen LogP contribution in [0, 0.1) is 21.4 Å². The number of esters is 2. The van der Waals surface area contributed by atoms with Gasteiger partial charge in [0.1, 0.15) is 26.3 Å². The molecule has 156 valence electrons. The number of rotatable bonds is 8. The molecule has 0 saturated heterocycles. The van der Waals surface area contributed by atoms with Crippen LogP contribution in [0.1, 0.15) is 20.7 Å². The Morgan fingerprint density at radius 1 is 0.690 bits per heavy atom. The number of carbonyl (C=O) groups is 2. The van der Waals surface area contributed by atoms with Crippen LogP contribution >= 0.6 is 136 Å². The van der Waals surface area contributed by atoms with Crippen molar-refractivity contribution in [1.82, 2.24) is 0 Å². The minimum absolute atomic E-state index is 0.303. The van der Waals surface area contributed by atoms with Crippen molar-refractivity contribution in [2.45, 2.75) is 0 Å². The normalized spacial score (nSPS) is 10.7. The molecule has 11 heteroatoms. The van der Waals surface area contributed by atoms with Crippen LogP contribution in [0.3, 0.4) is 0 Å². The Kier molecular flexibility index (Phi) is 12.5. The van der Waals surface area contributed by atoms with Gasteiger partial charge in [0.15, 0.2) is 0 Å². The van der Waals surface area contributed by atoms with Crippen LogP contribution in [0.5, 0.6) is 0 Å². The fraction of sp³-hybridized carbons (Fsp3) is 0.222. The van der Waals surface area contributed by atoms with Crippen molar-refractivity contribution in [3.05, 3.63) is 56.8 Å². The molecule has 2 rings (SSSR count). The van der Waals surface area contributed by atoms with Crippen LogP contribution in [0.2, 0.25) is 0 Å². The molecule has 2 N–H and O–H groups in total. The Morgan fingerprint density at radius 3 is 1.45 bits per heavy atom. The summed E-state index contributed by atoms with van der Waals surface area (Å²) in [4.78, 5) is 24.5. The molecule has 0 radical (unpaired) electrons. The first kappa shape index (κ1) is 27.0. The second-order valence-corrected chi connectivity index (χ2v) is 12.6. The summed E-state index contributed by atoms with van der Waals surface area (Å²) >= 11 is 13.1. The average molecular weight is 1070 g/mol. The van der Waals surface area contributed by atoms with E-state index >= 15 is 0 Å². The molecule has 5 nitrogen and oxygen atoms in total. The molecule has 0 aliphatic carbocycles. The van der Waals surface area contributed by atoms with Gasteiger partial charge >= 0.3 is 11.9 Å². The van der Waals surface area contributed by atoms with Crippen LogP contribution in [0.4, 0.5) is 0 Å². The van der Waals surface area contributed by atoms with Gasteiger partial charge in [-0.3, -0.25) is 0 Å². The monoisotopic (exact) mass is 1070 g/mol. The minimum atomic E-state index is -0.312. The number of carbonyl (C=O) groups excluding carboxylic acids is 2. The van der Waals surface area contributed by atoms with Gasteiger partial charge in [-0.05, 0) is 160 Å². The van der Waals surface area contributed by atoms with Gasteiger partial charge in [0.05, 0.1) is 11.1 Å². The predicted molar refractivity (Wildman–Crippen MR) is 161 cm³/mol. The summed E-state index contributed by atoms with van der Waals surface area (Å²) < 4.78 is 16.6. The molecule has 0 saturated carbocycles. The lowest BCUT2D eigenvalue weighted by Gasteiger charge is -2.09. The predicted octanol–water partition coefficient (Wildman–Crippen LogP) is 4.89. The minimum Gasteiger partial charge on any atom is -0.456 e. The fourth-order valence-electron chi connectivity index (χ4n) is 2.18. The number of ether oxygens (including phenoxy) is 2. The fourth-order valence-corrected chi connectivity index (χ4v) is 6.93. The van der Waals surface area contributed by atoms with E-state index in [1.54, 1.807) is 0 Å². The Hall–Kier alpha value is 1.72. The average Bonchev–Trinajstić information content (AvgIpc) is 2.66. The molecular weight excluding hydrogens is 1060 g/mol. The summed E-state index contributed by atoms with van der Waals surface area (Å²) in [7, 11) is 0. The standard InChI is InChI=1S/C18H13I6NO4/c19-9-5-11(15(23)13(21)7-9)17(26)28-3-1-25-2-4-29-18(27)12-6-10(20)8-14(22)16(12)24/h5-8,25H,1-4H2/p+1. The third-order valence-corrected chi connectivity index (χ3v) is 10.9. The van der Waals surface area contributed by atoms with E-state index in [1.165, 1.54) is 0 Å². The van der Waals surface area contributed by atoms with E-state index < -0.39 is 0 Å². The first-order valence-corrected chi connectivity index (χ1v) is 14.6. The van der Waals surface area contributed by atoms with E-state index in [4.69, 9.17) is 9.47 Å². The van der Waals surface area contributed by atoms with Crippen molar-refractivity contribution < 1.29 is 24.4 Å². The molecular formula is C18H14I6NO4+. The van der Waals surface area contributed by atoms with Gasteiger partial charge in [-0.25, -0.2) is 9.59 Å². The first-order chi connectivity index (χ1) is 13.7. The van der Waals surface area contributed by atoms with Gasteiger partial charge in [0.2, 0.25) is 0 Å². The van der Waals surface area contributed by atoms with Crippen LogP contribution < -0.4 is 5.32 Å². The molecule has 0 fully saturated rings. The zero-order valence-corrected chi connectivity index (χ0v) is 27.6. The highest BCUT2D eigenvalue weighted by molar-refractivity contribution is 14.1. The SMILES string of the molecule is O=C(OCC[NH2+]CCOC(=O)c1cc(I)cc(I)c1I)c1cc(I)cc(I)c1I. The van der Waals surface area contributed by atoms with Gasteiger partial charge in [-0.15, -0.1) is 0 Å². The third kappa shape index (κ3) is 8.54. The van der Waals surface area contributed by atoms with Gasteiger partial charge in [0.25, 0.3) is 0 Å². The number of hydrogen-bond donors (Lipinski definition) is 1. The largest absolute Gasteiger partial charge is 0.456 e. The van der Waals surface area contributed by atoms with E-state index in [0.717, 1.165) is 21.4 Å². The Morgan fingerprint density at radius 2 is 1.07 bits per heavy atom. The van der Waals surface area contributed by atoms with Crippen molar-refractivity contribution in [2.75, 3.05) is 26.3 Å².